The average Bonchev–Trinajstić information content (AvgIpc) is 3.24. The fraction of sp³-hybridized carbons (Fsp3) is 0.167. The van der Waals surface area contributed by atoms with Crippen molar-refractivity contribution in [3.8, 4) is 6.07 Å². The first-order valence-corrected chi connectivity index (χ1v) is 11.4. The number of hydrogen-bond acceptors (Lipinski definition) is 5. The molecule has 3 aromatic rings. The predicted molar refractivity (Wildman–Crippen MR) is 121 cm³/mol. The van der Waals surface area contributed by atoms with Gasteiger partial charge in [0.25, 0.3) is 5.91 Å². The topological polar surface area (TPSA) is 112 Å². The van der Waals surface area contributed by atoms with Crippen LogP contribution in [0.25, 0.3) is 6.08 Å². The first-order valence-electron chi connectivity index (χ1n) is 9.96. The summed E-state index contributed by atoms with van der Waals surface area (Å²) < 4.78 is 32.8. The molecule has 164 valence electrons. The van der Waals surface area contributed by atoms with Gasteiger partial charge in [0.05, 0.1) is 11.4 Å². The zero-order valence-corrected chi connectivity index (χ0v) is 18.4. The van der Waals surface area contributed by atoms with Gasteiger partial charge in [-0.1, -0.05) is 48.0 Å². The van der Waals surface area contributed by atoms with Crippen LogP contribution in [0.1, 0.15) is 22.6 Å². The zero-order valence-electron chi connectivity index (χ0n) is 17.5. The van der Waals surface area contributed by atoms with Gasteiger partial charge in [-0.25, -0.2) is 13.1 Å². The Bertz CT molecular complexity index is 1240. The van der Waals surface area contributed by atoms with Crippen molar-refractivity contribution in [3.05, 3.63) is 95.0 Å². The number of amides is 1. The highest BCUT2D eigenvalue weighted by atomic mass is 32.2. The van der Waals surface area contributed by atoms with Crippen molar-refractivity contribution >= 4 is 22.0 Å². The molecule has 2 N–H and O–H groups in total. The molecular weight excluding hydrogens is 426 g/mol. The minimum absolute atomic E-state index is 0.0603. The molecule has 0 aliphatic rings. The second kappa shape index (κ2) is 10.6. The molecule has 0 spiro atoms. The summed E-state index contributed by atoms with van der Waals surface area (Å²) in [6.45, 7) is 2.21. The molecule has 0 unspecified atom stereocenters. The lowest BCUT2D eigenvalue weighted by Gasteiger charge is -2.05. The number of carbonyl (C=O) groups is 1. The van der Waals surface area contributed by atoms with Gasteiger partial charge in [-0.15, -0.1) is 0 Å². The molecule has 32 heavy (non-hydrogen) atoms. The number of hydrogen-bond donors (Lipinski definition) is 2. The SMILES string of the molecule is Cc1ccc(S(=O)(=O)NCc2ccc(/C=C(\C#N)C(=O)NCCc3ccccc3)o2)cc1. The number of nitrogens with zero attached hydrogens (tertiary/aromatic N) is 1. The highest BCUT2D eigenvalue weighted by Crippen LogP contribution is 2.14. The molecule has 0 atom stereocenters. The molecule has 0 fully saturated rings. The molecule has 0 radical (unpaired) electrons. The maximum absolute atomic E-state index is 12.4. The quantitative estimate of drug-likeness (QED) is 0.384. The van der Waals surface area contributed by atoms with E-state index in [0.717, 1.165) is 11.1 Å². The molecule has 3 rings (SSSR count). The molecule has 1 amide bonds. The van der Waals surface area contributed by atoms with E-state index < -0.39 is 15.9 Å². The van der Waals surface area contributed by atoms with Gasteiger partial charge >= 0.3 is 0 Å². The summed E-state index contributed by atoms with van der Waals surface area (Å²) in [5.41, 5.74) is 1.95. The van der Waals surface area contributed by atoms with E-state index >= 15 is 0 Å². The Morgan fingerprint density at radius 2 is 1.78 bits per heavy atom. The molecule has 1 aromatic heterocycles. The Kier molecular flexibility index (Phi) is 7.60. The number of aryl methyl sites for hydroxylation is 1. The second-order valence-electron chi connectivity index (χ2n) is 7.10. The van der Waals surface area contributed by atoms with Gasteiger partial charge in [-0.2, -0.15) is 5.26 Å². The van der Waals surface area contributed by atoms with E-state index in [1.807, 2.05) is 43.3 Å². The number of furan rings is 1. The summed E-state index contributed by atoms with van der Waals surface area (Å²) in [5.74, 6) is 0.138. The van der Waals surface area contributed by atoms with E-state index in [1.165, 1.54) is 18.2 Å². The highest BCUT2D eigenvalue weighted by molar-refractivity contribution is 7.89. The molecule has 0 aliphatic carbocycles. The van der Waals surface area contributed by atoms with Gasteiger partial charge in [-0.3, -0.25) is 4.79 Å². The normalized spacial score (nSPS) is 11.7. The van der Waals surface area contributed by atoms with Crippen LogP contribution in [0.3, 0.4) is 0 Å². The first kappa shape index (κ1) is 23.0. The van der Waals surface area contributed by atoms with Crippen LogP contribution in [-0.2, 0) is 27.8 Å². The maximum atomic E-state index is 12.4. The largest absolute Gasteiger partial charge is 0.460 e. The van der Waals surface area contributed by atoms with Crippen LogP contribution in [0.15, 0.2) is 81.6 Å². The molecule has 0 bridgehead atoms. The fourth-order valence-electron chi connectivity index (χ4n) is 2.89. The van der Waals surface area contributed by atoms with Crippen LogP contribution < -0.4 is 10.0 Å². The summed E-state index contributed by atoms with van der Waals surface area (Å²) >= 11 is 0. The Morgan fingerprint density at radius 1 is 1.06 bits per heavy atom. The van der Waals surface area contributed by atoms with E-state index in [9.17, 15) is 18.5 Å². The van der Waals surface area contributed by atoms with Crippen LogP contribution in [0.4, 0.5) is 0 Å². The first-order chi connectivity index (χ1) is 15.4. The molecule has 0 saturated heterocycles. The third-order valence-electron chi connectivity index (χ3n) is 4.64. The van der Waals surface area contributed by atoms with Crippen molar-refractivity contribution < 1.29 is 17.6 Å². The number of nitriles is 1. The van der Waals surface area contributed by atoms with Crippen molar-refractivity contribution in [3.63, 3.8) is 0 Å². The Hall–Kier alpha value is -3.67. The van der Waals surface area contributed by atoms with Crippen LogP contribution in [0.2, 0.25) is 0 Å². The summed E-state index contributed by atoms with van der Waals surface area (Å²) in [7, 11) is -3.68. The van der Waals surface area contributed by atoms with E-state index in [1.54, 1.807) is 24.3 Å². The molecule has 0 saturated carbocycles. The smallest absolute Gasteiger partial charge is 0.262 e. The monoisotopic (exact) mass is 449 g/mol. The standard InChI is InChI=1S/C24H23N3O4S/c1-18-7-11-23(12-8-18)32(29,30)27-17-22-10-9-21(31-22)15-20(16-25)24(28)26-14-13-19-5-3-2-4-6-19/h2-12,15,27H,13-14,17H2,1H3,(H,26,28)/b20-15+. The third kappa shape index (κ3) is 6.41. The van der Waals surface area contributed by atoms with Crippen molar-refractivity contribution in [2.24, 2.45) is 0 Å². The van der Waals surface area contributed by atoms with Crippen molar-refractivity contribution in [2.45, 2.75) is 24.8 Å². The fourth-order valence-corrected chi connectivity index (χ4v) is 3.88. The number of sulfonamides is 1. The van der Waals surface area contributed by atoms with Crippen molar-refractivity contribution in [1.29, 1.82) is 5.26 Å². The lowest BCUT2D eigenvalue weighted by molar-refractivity contribution is -0.117. The van der Waals surface area contributed by atoms with Gasteiger partial charge in [0, 0.05) is 12.6 Å². The summed E-state index contributed by atoms with van der Waals surface area (Å²) in [4.78, 5) is 12.4. The Balaban J connectivity index is 1.57. The van der Waals surface area contributed by atoms with Gasteiger partial charge in [0.1, 0.15) is 23.2 Å². The minimum Gasteiger partial charge on any atom is -0.460 e. The van der Waals surface area contributed by atoms with Crippen LogP contribution in [0, 0.1) is 18.3 Å². The maximum Gasteiger partial charge on any atom is 0.262 e. The molecule has 8 heteroatoms. The predicted octanol–water partition coefficient (Wildman–Crippen LogP) is 3.33. The van der Waals surface area contributed by atoms with E-state index in [4.69, 9.17) is 4.42 Å². The minimum atomic E-state index is -3.68. The highest BCUT2D eigenvalue weighted by Gasteiger charge is 2.15. The van der Waals surface area contributed by atoms with Crippen LogP contribution in [0.5, 0.6) is 0 Å². The van der Waals surface area contributed by atoms with E-state index in [-0.39, 0.29) is 22.8 Å². The van der Waals surface area contributed by atoms with Gasteiger partial charge in [-0.05, 0) is 43.2 Å². The lowest BCUT2D eigenvalue weighted by atomic mass is 10.1. The molecule has 2 aromatic carbocycles. The molecular formula is C24H23N3O4S. The van der Waals surface area contributed by atoms with Crippen molar-refractivity contribution in [2.75, 3.05) is 6.54 Å². The zero-order chi connectivity index (χ0) is 23.0. The lowest BCUT2D eigenvalue weighted by Crippen LogP contribution is -2.26. The van der Waals surface area contributed by atoms with Crippen molar-refractivity contribution in [1.82, 2.24) is 10.0 Å². The van der Waals surface area contributed by atoms with Gasteiger partial charge < -0.3 is 9.73 Å². The van der Waals surface area contributed by atoms with Crippen LogP contribution in [-0.4, -0.2) is 20.9 Å². The summed E-state index contributed by atoms with van der Waals surface area (Å²) in [6.07, 6.45) is 1.98. The Morgan fingerprint density at radius 3 is 2.47 bits per heavy atom. The molecule has 1 heterocycles. The molecule has 0 aliphatic heterocycles. The summed E-state index contributed by atoms with van der Waals surface area (Å²) in [6, 6.07) is 21.2. The van der Waals surface area contributed by atoms with Crippen LogP contribution >= 0.6 is 0 Å². The van der Waals surface area contributed by atoms with E-state index in [0.29, 0.717) is 18.7 Å². The Labute approximate surface area is 187 Å². The third-order valence-corrected chi connectivity index (χ3v) is 6.06. The van der Waals surface area contributed by atoms with Gasteiger partial charge in [0.15, 0.2) is 0 Å². The number of benzene rings is 2. The number of rotatable bonds is 9. The van der Waals surface area contributed by atoms with E-state index in [2.05, 4.69) is 10.0 Å². The van der Waals surface area contributed by atoms with Gasteiger partial charge in [0.2, 0.25) is 10.0 Å². The number of nitrogens with one attached hydrogen (secondary N) is 2. The second-order valence-corrected chi connectivity index (χ2v) is 8.87. The molecule has 7 nitrogen and oxygen atoms in total. The average molecular weight is 450 g/mol. The number of carbonyl (C=O) groups excluding carboxylic acids is 1. The summed E-state index contributed by atoms with van der Waals surface area (Å²) in [5, 5.41) is 12.0.